The number of methoxy groups -OCH3 is 1. The van der Waals surface area contributed by atoms with Gasteiger partial charge >= 0.3 is 5.69 Å². The predicted octanol–water partition coefficient (Wildman–Crippen LogP) is 5.92. The largest absolute Gasteiger partial charge is 0.496 e. The molecule has 0 spiro atoms. The molecule has 0 atom stereocenters. The summed E-state index contributed by atoms with van der Waals surface area (Å²) in [4.78, 5) is 32.3. The van der Waals surface area contributed by atoms with Crippen LogP contribution in [0.4, 0.5) is 11.4 Å². The summed E-state index contributed by atoms with van der Waals surface area (Å²) in [7, 11) is 1.63. The molecule has 0 amide bonds. The smallest absolute Gasteiger partial charge is 0.323 e. The summed E-state index contributed by atoms with van der Waals surface area (Å²) >= 11 is 0. The monoisotopic (exact) mass is 501 g/mol. The van der Waals surface area contributed by atoms with Crippen molar-refractivity contribution in [2.24, 2.45) is 15.9 Å². The molecule has 0 saturated heterocycles. The topological polar surface area (TPSA) is 118 Å². The van der Waals surface area contributed by atoms with Crippen LogP contribution in [-0.2, 0) is 0 Å². The maximum atomic E-state index is 12.0. The molecule has 6 aromatic rings. The number of aliphatic imine (C=N–C) groups is 2. The Bertz CT molecular complexity index is 1800. The zero-order chi connectivity index (χ0) is 26.1. The van der Waals surface area contributed by atoms with Gasteiger partial charge in [0.2, 0.25) is 0 Å². The van der Waals surface area contributed by atoms with Crippen molar-refractivity contribution in [2.75, 3.05) is 7.11 Å². The minimum absolute atomic E-state index is 0.306. The van der Waals surface area contributed by atoms with Gasteiger partial charge in [-0.05, 0) is 45.8 Å². The fourth-order valence-corrected chi connectivity index (χ4v) is 4.63. The van der Waals surface area contributed by atoms with Crippen LogP contribution in [0.15, 0.2) is 99.7 Å². The summed E-state index contributed by atoms with van der Waals surface area (Å²) in [5.41, 5.74) is 3.64. The fourth-order valence-electron chi connectivity index (χ4n) is 4.63. The van der Waals surface area contributed by atoms with Crippen molar-refractivity contribution in [1.29, 1.82) is 0 Å². The van der Waals surface area contributed by atoms with Gasteiger partial charge in [-0.15, -0.1) is 0 Å². The molecule has 0 saturated carbocycles. The molecule has 4 N–H and O–H groups in total. The molecule has 1 aromatic heterocycles. The molecule has 0 fully saturated rings. The predicted molar refractivity (Wildman–Crippen MR) is 153 cm³/mol. The first-order chi connectivity index (χ1) is 18.6. The zero-order valence-corrected chi connectivity index (χ0v) is 20.4. The van der Waals surface area contributed by atoms with E-state index in [-0.39, 0.29) is 5.69 Å². The lowest BCUT2D eigenvalue weighted by molar-refractivity contribution is 0.334. The third-order valence-corrected chi connectivity index (χ3v) is 6.48. The van der Waals surface area contributed by atoms with Gasteiger partial charge in [0.15, 0.2) is 5.75 Å². The second-order valence-corrected chi connectivity index (χ2v) is 8.70. The molecule has 1 heterocycles. The second kappa shape index (κ2) is 9.68. The van der Waals surface area contributed by atoms with Crippen molar-refractivity contribution >= 4 is 56.4 Å². The number of aromatic nitrogens is 2. The van der Waals surface area contributed by atoms with Crippen LogP contribution in [0.5, 0.6) is 11.5 Å². The van der Waals surface area contributed by atoms with Gasteiger partial charge < -0.3 is 19.5 Å². The zero-order valence-electron chi connectivity index (χ0n) is 20.4. The highest BCUT2D eigenvalue weighted by molar-refractivity contribution is 6.05. The standard InChI is InChI=1S/C30H23N5O3/c1-37-28-12-10-18-6-2-4-8-20(18)22(28)16-32-24-14-26-27(35-30(36)34-26)15-25(24)33-17-23-21-9-5-3-7-19(21)11-13-29(23)38-31/h2-17H,31H2,1H3,(H2,34,35,36). The first-order valence-corrected chi connectivity index (χ1v) is 11.9. The van der Waals surface area contributed by atoms with E-state index in [1.54, 1.807) is 31.7 Å². The summed E-state index contributed by atoms with van der Waals surface area (Å²) in [5, 5.41) is 4.06. The van der Waals surface area contributed by atoms with Crippen molar-refractivity contribution in [3.05, 3.63) is 107 Å². The van der Waals surface area contributed by atoms with Crippen LogP contribution >= 0.6 is 0 Å². The van der Waals surface area contributed by atoms with E-state index in [2.05, 4.69) is 9.97 Å². The number of fused-ring (bicyclic) bond motifs is 3. The molecular formula is C30H23N5O3. The van der Waals surface area contributed by atoms with E-state index in [1.807, 2.05) is 72.8 Å². The molecule has 8 heteroatoms. The number of rotatable bonds is 6. The van der Waals surface area contributed by atoms with Crippen LogP contribution < -0.4 is 21.2 Å². The van der Waals surface area contributed by atoms with Crippen molar-refractivity contribution in [3.8, 4) is 11.5 Å². The maximum absolute atomic E-state index is 12.0. The molecule has 0 unspecified atom stereocenters. The van der Waals surface area contributed by atoms with Gasteiger partial charge in [-0.25, -0.2) is 4.79 Å². The Morgan fingerprint density at radius 2 is 1.21 bits per heavy atom. The minimum atomic E-state index is -0.306. The van der Waals surface area contributed by atoms with Gasteiger partial charge in [0.05, 0.1) is 29.5 Å². The number of nitrogens with one attached hydrogen (secondary N) is 2. The van der Waals surface area contributed by atoms with Crippen molar-refractivity contribution in [1.82, 2.24) is 9.97 Å². The second-order valence-electron chi connectivity index (χ2n) is 8.70. The molecule has 0 aliphatic carbocycles. The first-order valence-electron chi connectivity index (χ1n) is 11.9. The van der Waals surface area contributed by atoms with Gasteiger partial charge in [0, 0.05) is 23.6 Å². The van der Waals surface area contributed by atoms with Gasteiger partial charge in [0.1, 0.15) is 5.75 Å². The molecule has 5 aromatic carbocycles. The number of nitrogens with zero attached hydrogens (tertiary/aromatic N) is 2. The molecule has 0 aliphatic rings. The maximum Gasteiger partial charge on any atom is 0.323 e. The summed E-state index contributed by atoms with van der Waals surface area (Å²) < 4.78 is 5.62. The quantitative estimate of drug-likeness (QED) is 0.194. The van der Waals surface area contributed by atoms with Crippen LogP contribution in [0.3, 0.4) is 0 Å². The highest BCUT2D eigenvalue weighted by Gasteiger charge is 2.11. The Hall–Kier alpha value is -5.21. The molecule has 0 bridgehead atoms. The summed E-state index contributed by atoms with van der Waals surface area (Å²) in [6.45, 7) is 0. The Labute approximate surface area is 217 Å². The van der Waals surface area contributed by atoms with E-state index in [0.717, 1.165) is 32.7 Å². The van der Waals surface area contributed by atoms with Gasteiger partial charge in [-0.1, -0.05) is 60.7 Å². The molecule has 0 radical (unpaired) electrons. The van der Waals surface area contributed by atoms with E-state index in [0.29, 0.717) is 33.9 Å². The van der Waals surface area contributed by atoms with Crippen LogP contribution in [-0.4, -0.2) is 29.5 Å². The number of nitrogens with two attached hydrogens (primary N) is 1. The third kappa shape index (κ3) is 4.19. The van der Waals surface area contributed by atoms with Crippen molar-refractivity contribution in [3.63, 3.8) is 0 Å². The Morgan fingerprint density at radius 1 is 0.711 bits per heavy atom. The fraction of sp³-hybridized carbons (Fsp3) is 0.0333. The Balaban J connectivity index is 1.51. The number of benzene rings is 5. The number of H-pyrrole nitrogens is 2. The Morgan fingerprint density at radius 3 is 1.74 bits per heavy atom. The number of hydrogen-bond donors (Lipinski definition) is 3. The van der Waals surface area contributed by atoms with Crippen molar-refractivity contribution in [2.45, 2.75) is 0 Å². The first kappa shape index (κ1) is 23.2. The molecule has 186 valence electrons. The molecular weight excluding hydrogens is 478 g/mol. The number of aromatic amines is 2. The lowest BCUT2D eigenvalue weighted by Gasteiger charge is -2.09. The van der Waals surface area contributed by atoms with E-state index < -0.39 is 0 Å². The lowest BCUT2D eigenvalue weighted by Crippen LogP contribution is -2.04. The van der Waals surface area contributed by atoms with Crippen LogP contribution in [0.2, 0.25) is 0 Å². The third-order valence-electron chi connectivity index (χ3n) is 6.48. The SMILES string of the molecule is COc1ccc2ccccc2c1C=Nc1cc2[nH]c(=O)[nH]c2cc1N=Cc1c(ON)ccc2ccccc12. The minimum Gasteiger partial charge on any atom is -0.496 e. The highest BCUT2D eigenvalue weighted by atomic mass is 16.6. The molecule has 8 nitrogen and oxygen atoms in total. The van der Waals surface area contributed by atoms with E-state index >= 15 is 0 Å². The van der Waals surface area contributed by atoms with E-state index in [4.69, 9.17) is 25.5 Å². The number of ether oxygens (including phenoxy) is 1. The van der Waals surface area contributed by atoms with Crippen LogP contribution in [0.25, 0.3) is 32.6 Å². The van der Waals surface area contributed by atoms with Crippen molar-refractivity contribution < 1.29 is 9.57 Å². The summed E-state index contributed by atoms with van der Waals surface area (Å²) in [6, 6.07) is 27.2. The summed E-state index contributed by atoms with van der Waals surface area (Å²) in [5.74, 6) is 6.76. The highest BCUT2D eigenvalue weighted by Crippen LogP contribution is 2.34. The van der Waals surface area contributed by atoms with Crippen LogP contribution in [0.1, 0.15) is 11.1 Å². The average molecular weight is 502 g/mol. The molecule has 38 heavy (non-hydrogen) atoms. The van der Waals surface area contributed by atoms with Crippen LogP contribution in [0, 0.1) is 0 Å². The van der Waals surface area contributed by atoms with Gasteiger partial charge in [-0.2, -0.15) is 5.90 Å². The molecule has 6 rings (SSSR count). The number of hydrogen-bond acceptors (Lipinski definition) is 6. The van der Waals surface area contributed by atoms with E-state index in [9.17, 15) is 4.79 Å². The molecule has 0 aliphatic heterocycles. The number of imidazole rings is 1. The average Bonchev–Trinajstić information content (AvgIpc) is 3.32. The van der Waals surface area contributed by atoms with Gasteiger partial charge in [-0.3, -0.25) is 9.98 Å². The Kier molecular flexibility index (Phi) is 5.91. The summed E-state index contributed by atoms with van der Waals surface area (Å²) in [6.07, 6.45) is 3.46. The lowest BCUT2D eigenvalue weighted by atomic mass is 10.0. The normalized spacial score (nSPS) is 11.8. The van der Waals surface area contributed by atoms with Gasteiger partial charge in [0.25, 0.3) is 0 Å². The van der Waals surface area contributed by atoms with E-state index in [1.165, 1.54) is 0 Å².